The van der Waals surface area contributed by atoms with Crippen molar-refractivity contribution in [3.05, 3.63) is 65.0 Å². The second kappa shape index (κ2) is 5.82. The summed E-state index contributed by atoms with van der Waals surface area (Å²) < 4.78 is 14.3. The highest BCUT2D eigenvalue weighted by Crippen LogP contribution is 2.26. The minimum absolute atomic E-state index is 0.224. The lowest BCUT2D eigenvalue weighted by Crippen LogP contribution is -2.24. The lowest BCUT2D eigenvalue weighted by molar-refractivity contribution is 0.614. The van der Waals surface area contributed by atoms with Crippen LogP contribution in [0.5, 0.6) is 0 Å². The number of nitrogens with two attached hydrogens (primary N) is 1. The molecule has 0 aliphatic carbocycles. The predicted molar refractivity (Wildman–Crippen MR) is 88.1 cm³/mol. The van der Waals surface area contributed by atoms with Crippen LogP contribution in [0.3, 0.4) is 0 Å². The van der Waals surface area contributed by atoms with Gasteiger partial charge in [0.1, 0.15) is 10.8 Å². The number of nitrogens with zero attached hydrogens (tertiary/aromatic N) is 1. The number of rotatable bonds is 2. The fourth-order valence-electron chi connectivity index (χ4n) is 2.82. The zero-order valence-electron chi connectivity index (χ0n) is 11.7. The molecule has 2 nitrogen and oxygen atoms in total. The number of aryl methyl sites for hydroxylation is 1. The van der Waals surface area contributed by atoms with Crippen LogP contribution in [0.4, 0.5) is 10.1 Å². The van der Waals surface area contributed by atoms with Gasteiger partial charge in [0.25, 0.3) is 0 Å². The van der Waals surface area contributed by atoms with Gasteiger partial charge >= 0.3 is 0 Å². The van der Waals surface area contributed by atoms with Crippen LogP contribution in [0.1, 0.15) is 23.1 Å². The Kier molecular flexibility index (Phi) is 3.88. The molecule has 0 fully saturated rings. The molecule has 1 heterocycles. The summed E-state index contributed by atoms with van der Waals surface area (Å²) in [6, 6.07) is 13.4. The Bertz CT molecular complexity index is 684. The van der Waals surface area contributed by atoms with E-state index in [0.29, 0.717) is 11.3 Å². The number of thiocarbonyl (C=S) groups is 1. The average Bonchev–Trinajstić information content (AvgIpc) is 2.69. The second-order valence-electron chi connectivity index (χ2n) is 5.32. The minimum atomic E-state index is -0.264. The first kappa shape index (κ1) is 14.0. The standard InChI is InChI=1S/C17H17FN2S/c18-15-10-13(17(19)21)7-8-16(15)20-9-3-6-12-4-1-2-5-14(12)11-20/h1-2,4-5,7-8,10H,3,6,9,11H2,(H2,19,21). The van der Waals surface area contributed by atoms with E-state index in [1.54, 1.807) is 12.1 Å². The Morgan fingerprint density at radius 3 is 2.62 bits per heavy atom. The predicted octanol–water partition coefficient (Wildman–Crippen LogP) is 3.41. The van der Waals surface area contributed by atoms with Gasteiger partial charge in [0.15, 0.2) is 0 Å². The van der Waals surface area contributed by atoms with Crippen LogP contribution >= 0.6 is 12.2 Å². The van der Waals surface area contributed by atoms with Crippen molar-refractivity contribution >= 4 is 22.9 Å². The summed E-state index contributed by atoms with van der Waals surface area (Å²) >= 11 is 4.89. The Labute approximate surface area is 129 Å². The van der Waals surface area contributed by atoms with E-state index in [2.05, 4.69) is 23.1 Å². The SMILES string of the molecule is NC(=S)c1ccc(N2CCCc3ccccc3C2)c(F)c1. The van der Waals surface area contributed by atoms with E-state index in [-0.39, 0.29) is 10.8 Å². The molecule has 2 aromatic carbocycles. The molecule has 0 spiro atoms. The van der Waals surface area contributed by atoms with Crippen molar-refractivity contribution in [1.82, 2.24) is 0 Å². The fraction of sp³-hybridized carbons (Fsp3) is 0.235. The van der Waals surface area contributed by atoms with Gasteiger partial charge in [-0.3, -0.25) is 0 Å². The van der Waals surface area contributed by atoms with Crippen LogP contribution < -0.4 is 10.6 Å². The van der Waals surface area contributed by atoms with E-state index in [9.17, 15) is 4.39 Å². The third-order valence-corrected chi connectivity index (χ3v) is 4.16. The van der Waals surface area contributed by atoms with Crippen molar-refractivity contribution in [1.29, 1.82) is 0 Å². The Morgan fingerprint density at radius 2 is 1.90 bits per heavy atom. The summed E-state index contributed by atoms with van der Waals surface area (Å²) in [6.07, 6.45) is 2.06. The molecule has 0 atom stereocenters. The van der Waals surface area contributed by atoms with E-state index in [1.165, 1.54) is 17.2 Å². The summed E-state index contributed by atoms with van der Waals surface area (Å²) in [5.41, 5.74) is 9.37. The molecule has 2 N–H and O–H groups in total. The summed E-state index contributed by atoms with van der Waals surface area (Å²) in [5.74, 6) is -0.264. The minimum Gasteiger partial charge on any atom is -0.389 e. The zero-order valence-corrected chi connectivity index (χ0v) is 12.5. The molecule has 0 bridgehead atoms. The van der Waals surface area contributed by atoms with Crippen molar-refractivity contribution in [2.24, 2.45) is 5.73 Å². The Hall–Kier alpha value is -1.94. The molecular formula is C17H17FN2S. The molecule has 0 amide bonds. The Morgan fingerprint density at radius 1 is 1.14 bits per heavy atom. The van der Waals surface area contributed by atoms with Crippen molar-refractivity contribution in [2.75, 3.05) is 11.4 Å². The maximum atomic E-state index is 14.3. The van der Waals surface area contributed by atoms with Gasteiger partial charge in [-0.05, 0) is 42.2 Å². The fourth-order valence-corrected chi connectivity index (χ4v) is 2.95. The van der Waals surface area contributed by atoms with Crippen LogP contribution in [0, 0.1) is 5.82 Å². The molecule has 0 radical (unpaired) electrons. The maximum absolute atomic E-state index is 14.3. The van der Waals surface area contributed by atoms with E-state index in [4.69, 9.17) is 18.0 Å². The highest BCUT2D eigenvalue weighted by atomic mass is 32.1. The zero-order chi connectivity index (χ0) is 14.8. The van der Waals surface area contributed by atoms with E-state index >= 15 is 0 Å². The van der Waals surface area contributed by atoms with Crippen molar-refractivity contribution in [3.63, 3.8) is 0 Å². The number of hydrogen-bond acceptors (Lipinski definition) is 2. The second-order valence-corrected chi connectivity index (χ2v) is 5.76. The first-order chi connectivity index (χ1) is 10.1. The number of benzene rings is 2. The number of fused-ring (bicyclic) bond motifs is 1. The number of anilines is 1. The summed E-state index contributed by atoms with van der Waals surface area (Å²) in [6.45, 7) is 1.58. The quantitative estimate of drug-likeness (QED) is 0.862. The van der Waals surface area contributed by atoms with E-state index in [1.807, 2.05) is 6.07 Å². The third-order valence-electron chi connectivity index (χ3n) is 3.93. The maximum Gasteiger partial charge on any atom is 0.147 e. The van der Waals surface area contributed by atoms with Gasteiger partial charge in [0.05, 0.1) is 5.69 Å². The first-order valence-electron chi connectivity index (χ1n) is 7.06. The molecule has 1 aliphatic heterocycles. The van der Waals surface area contributed by atoms with Gasteiger partial charge in [-0.15, -0.1) is 0 Å². The number of halogens is 1. The van der Waals surface area contributed by atoms with E-state index < -0.39 is 0 Å². The molecule has 21 heavy (non-hydrogen) atoms. The van der Waals surface area contributed by atoms with Gasteiger partial charge in [-0.2, -0.15) is 0 Å². The van der Waals surface area contributed by atoms with Gasteiger partial charge in [0, 0.05) is 18.7 Å². The molecule has 0 saturated heterocycles. The highest BCUT2D eigenvalue weighted by Gasteiger charge is 2.17. The topological polar surface area (TPSA) is 29.3 Å². The molecule has 108 valence electrons. The molecule has 2 aromatic rings. The molecule has 0 saturated carbocycles. The smallest absolute Gasteiger partial charge is 0.147 e. The van der Waals surface area contributed by atoms with Gasteiger partial charge in [-0.1, -0.05) is 36.5 Å². The highest BCUT2D eigenvalue weighted by molar-refractivity contribution is 7.80. The van der Waals surface area contributed by atoms with Crippen molar-refractivity contribution in [3.8, 4) is 0 Å². The van der Waals surface area contributed by atoms with Crippen LogP contribution in [-0.2, 0) is 13.0 Å². The van der Waals surface area contributed by atoms with Crippen LogP contribution in [0.2, 0.25) is 0 Å². The van der Waals surface area contributed by atoms with Crippen molar-refractivity contribution in [2.45, 2.75) is 19.4 Å². The summed E-state index contributed by atoms with van der Waals surface area (Å²) in [7, 11) is 0. The number of hydrogen-bond donors (Lipinski definition) is 1. The monoisotopic (exact) mass is 300 g/mol. The van der Waals surface area contributed by atoms with E-state index in [0.717, 1.165) is 25.9 Å². The molecule has 0 aromatic heterocycles. The lowest BCUT2D eigenvalue weighted by Gasteiger charge is -2.24. The largest absolute Gasteiger partial charge is 0.389 e. The third kappa shape index (κ3) is 2.90. The lowest BCUT2D eigenvalue weighted by atomic mass is 10.0. The van der Waals surface area contributed by atoms with Gasteiger partial charge in [0.2, 0.25) is 0 Å². The Balaban J connectivity index is 1.92. The van der Waals surface area contributed by atoms with Crippen LogP contribution in [-0.4, -0.2) is 11.5 Å². The molecule has 0 unspecified atom stereocenters. The first-order valence-corrected chi connectivity index (χ1v) is 7.47. The van der Waals surface area contributed by atoms with Gasteiger partial charge < -0.3 is 10.6 Å². The summed E-state index contributed by atoms with van der Waals surface area (Å²) in [4.78, 5) is 2.31. The molecule has 3 rings (SSSR count). The van der Waals surface area contributed by atoms with Crippen LogP contribution in [0.25, 0.3) is 0 Å². The van der Waals surface area contributed by atoms with Crippen LogP contribution in [0.15, 0.2) is 42.5 Å². The average molecular weight is 300 g/mol. The molecular weight excluding hydrogens is 283 g/mol. The molecule has 4 heteroatoms. The normalized spacial score (nSPS) is 14.4. The van der Waals surface area contributed by atoms with Crippen molar-refractivity contribution < 1.29 is 4.39 Å². The summed E-state index contributed by atoms with van der Waals surface area (Å²) in [5, 5.41) is 0. The molecule has 1 aliphatic rings. The van der Waals surface area contributed by atoms with Gasteiger partial charge in [-0.25, -0.2) is 4.39 Å².